The van der Waals surface area contributed by atoms with Gasteiger partial charge in [-0.2, -0.15) is 0 Å². The van der Waals surface area contributed by atoms with Gasteiger partial charge in [0.2, 0.25) is 0 Å². The highest BCUT2D eigenvalue weighted by molar-refractivity contribution is 7.20. The Hall–Kier alpha value is -1.95. The summed E-state index contributed by atoms with van der Waals surface area (Å²) in [5.74, 6) is -1.94. The minimum atomic E-state index is -0.865. The molecule has 0 bridgehead atoms. The van der Waals surface area contributed by atoms with Gasteiger partial charge in [-0.1, -0.05) is 13.0 Å². The zero-order valence-corrected chi connectivity index (χ0v) is 12.2. The third-order valence-corrected chi connectivity index (χ3v) is 5.00. The number of nitrogens with zero attached hydrogens (tertiary/aromatic N) is 1. The normalized spacial score (nSPS) is 21.9. The Bertz CT molecular complexity index is 727. The number of likely N-dealkylation sites (tertiary alicyclic amines) is 1. The van der Waals surface area contributed by atoms with Crippen LogP contribution in [0.25, 0.3) is 10.1 Å². The molecule has 4 nitrogen and oxygen atoms in total. The van der Waals surface area contributed by atoms with Crippen molar-refractivity contribution in [1.82, 2.24) is 4.90 Å². The number of rotatable bonds is 2. The van der Waals surface area contributed by atoms with Crippen molar-refractivity contribution < 1.29 is 19.1 Å². The molecule has 1 saturated heterocycles. The van der Waals surface area contributed by atoms with Crippen molar-refractivity contribution in [2.75, 3.05) is 13.1 Å². The number of carboxylic acids is 1. The molecule has 1 aliphatic heterocycles. The molecule has 0 radical (unpaired) electrons. The molecule has 1 fully saturated rings. The van der Waals surface area contributed by atoms with Gasteiger partial charge in [-0.3, -0.25) is 9.59 Å². The van der Waals surface area contributed by atoms with E-state index in [2.05, 4.69) is 0 Å². The summed E-state index contributed by atoms with van der Waals surface area (Å²) < 4.78 is 13.9. The summed E-state index contributed by atoms with van der Waals surface area (Å²) in [6.07, 6.45) is 0. The topological polar surface area (TPSA) is 57.6 Å². The molecular weight excluding hydrogens is 293 g/mol. The van der Waals surface area contributed by atoms with Gasteiger partial charge in [0.1, 0.15) is 5.82 Å². The average molecular weight is 307 g/mol. The molecular formula is C15H14FNO3S. The Balaban J connectivity index is 1.86. The summed E-state index contributed by atoms with van der Waals surface area (Å²) >= 11 is 1.24. The first-order valence-corrected chi connectivity index (χ1v) is 7.48. The van der Waals surface area contributed by atoms with Gasteiger partial charge in [0.05, 0.1) is 10.8 Å². The molecule has 1 aromatic carbocycles. The van der Waals surface area contributed by atoms with E-state index in [4.69, 9.17) is 5.11 Å². The summed E-state index contributed by atoms with van der Waals surface area (Å²) in [6.45, 7) is 2.52. The first-order chi connectivity index (χ1) is 9.95. The van der Waals surface area contributed by atoms with Crippen molar-refractivity contribution in [1.29, 1.82) is 0 Å². The summed E-state index contributed by atoms with van der Waals surface area (Å²) in [5, 5.41) is 9.95. The van der Waals surface area contributed by atoms with Crippen LogP contribution in [0.3, 0.4) is 0 Å². The van der Waals surface area contributed by atoms with Gasteiger partial charge in [-0.15, -0.1) is 11.3 Å². The molecule has 110 valence electrons. The number of thiophene rings is 1. The molecule has 1 aliphatic rings. The maximum atomic E-state index is 13.2. The van der Waals surface area contributed by atoms with Crippen molar-refractivity contribution in [2.45, 2.75) is 6.92 Å². The van der Waals surface area contributed by atoms with Gasteiger partial charge >= 0.3 is 5.97 Å². The third-order valence-electron chi connectivity index (χ3n) is 3.91. The fraction of sp³-hybridized carbons (Fsp3) is 0.333. The van der Waals surface area contributed by atoms with Crippen LogP contribution in [0.2, 0.25) is 0 Å². The van der Waals surface area contributed by atoms with Crippen LogP contribution in [0.5, 0.6) is 0 Å². The van der Waals surface area contributed by atoms with E-state index < -0.39 is 11.9 Å². The molecule has 2 aromatic rings. The number of halogens is 1. The average Bonchev–Trinajstić information content (AvgIpc) is 3.00. The van der Waals surface area contributed by atoms with Crippen molar-refractivity contribution in [3.8, 4) is 0 Å². The smallest absolute Gasteiger partial charge is 0.308 e. The second kappa shape index (κ2) is 5.11. The lowest BCUT2D eigenvalue weighted by molar-refractivity contribution is -0.142. The number of aliphatic carboxylic acids is 1. The monoisotopic (exact) mass is 307 g/mol. The van der Waals surface area contributed by atoms with E-state index in [1.807, 2.05) is 6.92 Å². The summed E-state index contributed by atoms with van der Waals surface area (Å²) in [6, 6.07) is 6.15. The van der Waals surface area contributed by atoms with Crippen LogP contribution in [0.15, 0.2) is 24.3 Å². The largest absolute Gasteiger partial charge is 0.481 e. The zero-order chi connectivity index (χ0) is 15.1. The van der Waals surface area contributed by atoms with Gasteiger partial charge in [0.25, 0.3) is 5.91 Å². The summed E-state index contributed by atoms with van der Waals surface area (Å²) in [7, 11) is 0. The predicted octanol–water partition coefficient (Wildman–Crippen LogP) is 2.83. The Morgan fingerprint density at radius 3 is 2.76 bits per heavy atom. The quantitative estimate of drug-likeness (QED) is 0.928. The van der Waals surface area contributed by atoms with Crippen LogP contribution in [0.4, 0.5) is 4.39 Å². The standard InChI is InChI=1S/C15H14FNO3S/c1-8-6-17(7-11(8)15(19)20)14(18)13-4-9-2-3-10(16)5-12(9)21-13/h2-5,8,11H,6-7H2,1H3,(H,19,20). The van der Waals surface area contributed by atoms with Crippen LogP contribution in [0, 0.1) is 17.7 Å². The fourth-order valence-corrected chi connectivity index (χ4v) is 3.78. The van der Waals surface area contributed by atoms with E-state index in [0.717, 1.165) is 10.1 Å². The molecule has 0 spiro atoms. The van der Waals surface area contributed by atoms with E-state index >= 15 is 0 Å². The van der Waals surface area contributed by atoms with Gasteiger partial charge in [-0.25, -0.2) is 4.39 Å². The van der Waals surface area contributed by atoms with Crippen LogP contribution in [-0.4, -0.2) is 35.0 Å². The SMILES string of the molecule is CC1CN(C(=O)c2cc3ccc(F)cc3s2)CC1C(=O)O. The van der Waals surface area contributed by atoms with E-state index in [9.17, 15) is 14.0 Å². The number of carboxylic acid groups (broad SMARTS) is 1. The molecule has 2 unspecified atom stereocenters. The molecule has 1 amide bonds. The van der Waals surface area contributed by atoms with Crippen molar-refractivity contribution in [3.63, 3.8) is 0 Å². The first kappa shape index (κ1) is 14.0. The highest BCUT2D eigenvalue weighted by Gasteiger charge is 2.37. The number of carbonyl (C=O) groups excluding carboxylic acids is 1. The van der Waals surface area contributed by atoms with E-state index in [0.29, 0.717) is 11.4 Å². The van der Waals surface area contributed by atoms with Crippen LogP contribution >= 0.6 is 11.3 Å². The van der Waals surface area contributed by atoms with Crippen molar-refractivity contribution in [2.24, 2.45) is 11.8 Å². The second-order valence-electron chi connectivity index (χ2n) is 5.42. The van der Waals surface area contributed by atoms with E-state index in [-0.39, 0.29) is 24.2 Å². The number of hydrogen-bond donors (Lipinski definition) is 1. The number of amides is 1. The lowest BCUT2D eigenvalue weighted by Gasteiger charge is -2.14. The van der Waals surface area contributed by atoms with Gasteiger partial charge in [0.15, 0.2) is 0 Å². The number of carbonyl (C=O) groups is 2. The lowest BCUT2D eigenvalue weighted by Crippen LogP contribution is -2.29. The molecule has 21 heavy (non-hydrogen) atoms. The molecule has 1 aromatic heterocycles. The summed E-state index contributed by atoms with van der Waals surface area (Å²) in [4.78, 5) is 25.7. The highest BCUT2D eigenvalue weighted by Crippen LogP contribution is 2.30. The molecule has 6 heteroatoms. The number of benzene rings is 1. The van der Waals surface area contributed by atoms with Crippen LogP contribution < -0.4 is 0 Å². The Morgan fingerprint density at radius 2 is 2.10 bits per heavy atom. The van der Waals surface area contributed by atoms with Gasteiger partial charge in [0, 0.05) is 17.8 Å². The second-order valence-corrected chi connectivity index (χ2v) is 6.51. The minimum Gasteiger partial charge on any atom is -0.481 e. The third kappa shape index (κ3) is 2.51. The van der Waals surface area contributed by atoms with Crippen LogP contribution in [0.1, 0.15) is 16.6 Å². The molecule has 0 saturated carbocycles. The lowest BCUT2D eigenvalue weighted by atomic mass is 9.99. The molecule has 1 N–H and O–H groups in total. The maximum absolute atomic E-state index is 13.2. The highest BCUT2D eigenvalue weighted by atomic mass is 32.1. The maximum Gasteiger partial charge on any atom is 0.308 e. The molecule has 0 aliphatic carbocycles. The Morgan fingerprint density at radius 1 is 1.33 bits per heavy atom. The van der Waals surface area contributed by atoms with E-state index in [1.54, 1.807) is 17.0 Å². The minimum absolute atomic E-state index is 0.0572. The van der Waals surface area contributed by atoms with E-state index in [1.165, 1.54) is 23.5 Å². The first-order valence-electron chi connectivity index (χ1n) is 6.67. The Kier molecular flexibility index (Phi) is 3.41. The Labute approximate surface area is 124 Å². The zero-order valence-electron chi connectivity index (χ0n) is 11.4. The fourth-order valence-electron chi connectivity index (χ4n) is 2.72. The number of hydrogen-bond acceptors (Lipinski definition) is 3. The predicted molar refractivity (Wildman–Crippen MR) is 78.0 cm³/mol. The number of fused-ring (bicyclic) bond motifs is 1. The van der Waals surface area contributed by atoms with Crippen molar-refractivity contribution >= 4 is 33.3 Å². The van der Waals surface area contributed by atoms with Gasteiger partial charge in [-0.05, 0) is 29.5 Å². The molecule has 2 heterocycles. The van der Waals surface area contributed by atoms with Crippen LogP contribution in [-0.2, 0) is 4.79 Å². The summed E-state index contributed by atoms with van der Waals surface area (Å²) in [5.41, 5.74) is 0. The van der Waals surface area contributed by atoms with Crippen molar-refractivity contribution in [3.05, 3.63) is 35.0 Å². The van der Waals surface area contributed by atoms with Gasteiger partial charge < -0.3 is 10.0 Å². The molecule has 3 rings (SSSR count). The molecule has 2 atom stereocenters.